The zero-order valence-corrected chi connectivity index (χ0v) is 8.15. The van der Waals surface area contributed by atoms with Crippen molar-refractivity contribution in [3.05, 3.63) is 12.2 Å². The van der Waals surface area contributed by atoms with Gasteiger partial charge < -0.3 is 9.84 Å². The lowest BCUT2D eigenvalue weighted by molar-refractivity contribution is -0.140. The average Bonchev–Trinajstić information content (AvgIpc) is 1.97. The van der Waals surface area contributed by atoms with E-state index < -0.39 is 10.3 Å². The van der Waals surface area contributed by atoms with Gasteiger partial charge in [0.25, 0.3) is 0 Å². The van der Waals surface area contributed by atoms with E-state index in [1.807, 2.05) is 0 Å². The van der Waals surface area contributed by atoms with Gasteiger partial charge in [0.15, 0.2) is 0 Å². The Hall–Kier alpha value is -0.250. The molecule has 0 aliphatic carbocycles. The minimum absolute atomic E-state index is 0.0423. The second-order valence-electron chi connectivity index (χ2n) is 2.23. The largest absolute Gasteiger partial charge is 0.460 e. The zero-order chi connectivity index (χ0) is 9.78. The minimum atomic E-state index is -1.33. The van der Waals surface area contributed by atoms with Gasteiger partial charge in [0.05, 0.1) is 12.2 Å². The van der Waals surface area contributed by atoms with Crippen LogP contribution in [0.15, 0.2) is 12.2 Å². The van der Waals surface area contributed by atoms with E-state index in [1.54, 1.807) is 0 Å². The molecule has 0 aromatic heterocycles. The Morgan fingerprint density at radius 2 is 2.17 bits per heavy atom. The van der Waals surface area contributed by atoms with Crippen molar-refractivity contribution in [1.82, 2.24) is 0 Å². The summed E-state index contributed by atoms with van der Waals surface area (Å²) in [7, 11) is 0. The third-order valence-electron chi connectivity index (χ3n) is 1.10. The number of alkyl halides is 2. The second-order valence-corrected chi connectivity index (χ2v) is 3.93. The average molecular weight is 213 g/mol. The lowest BCUT2D eigenvalue weighted by Crippen LogP contribution is -2.21. The first-order valence-electron chi connectivity index (χ1n) is 3.24. The van der Waals surface area contributed by atoms with Crippen LogP contribution in [0.2, 0.25) is 0 Å². The van der Waals surface area contributed by atoms with Gasteiger partial charge in [0.2, 0.25) is 0 Å². The summed E-state index contributed by atoms with van der Waals surface area (Å²) in [5.41, 5.74) is -0.0423. The summed E-state index contributed by atoms with van der Waals surface area (Å²) >= 11 is 11.1. The highest BCUT2D eigenvalue weighted by atomic mass is 35.5. The summed E-state index contributed by atoms with van der Waals surface area (Å²) in [5, 5.41) is 8.33. The number of esters is 1. The maximum atomic E-state index is 10.9. The number of hydrogen-bond donors (Lipinski definition) is 1. The number of rotatable bonds is 4. The Balaban J connectivity index is 4.04. The molecule has 12 heavy (non-hydrogen) atoms. The SMILES string of the molecule is C=C(C(=O)OCCO)C(C)(Cl)Cl. The first-order chi connectivity index (χ1) is 5.39. The summed E-state index contributed by atoms with van der Waals surface area (Å²) in [4.78, 5) is 10.9. The number of aliphatic hydroxyl groups excluding tert-OH is 1. The predicted octanol–water partition coefficient (Wildman–Crippen LogP) is 1.27. The van der Waals surface area contributed by atoms with Gasteiger partial charge in [-0.15, -0.1) is 0 Å². The second kappa shape index (κ2) is 4.70. The lowest BCUT2D eigenvalue weighted by Gasteiger charge is -2.14. The van der Waals surface area contributed by atoms with Crippen LogP contribution in [0.4, 0.5) is 0 Å². The molecular formula is C7H10Cl2O3. The van der Waals surface area contributed by atoms with Crippen LogP contribution in [0.25, 0.3) is 0 Å². The van der Waals surface area contributed by atoms with Gasteiger partial charge in [-0.25, -0.2) is 4.79 Å². The first kappa shape index (κ1) is 11.8. The van der Waals surface area contributed by atoms with E-state index in [0.29, 0.717) is 0 Å². The van der Waals surface area contributed by atoms with E-state index in [9.17, 15) is 4.79 Å². The lowest BCUT2D eigenvalue weighted by atomic mass is 10.2. The molecule has 1 N–H and O–H groups in total. The van der Waals surface area contributed by atoms with Gasteiger partial charge >= 0.3 is 5.97 Å². The van der Waals surface area contributed by atoms with E-state index in [-0.39, 0.29) is 18.8 Å². The molecule has 0 spiro atoms. The molecule has 3 nitrogen and oxygen atoms in total. The topological polar surface area (TPSA) is 46.5 Å². The van der Waals surface area contributed by atoms with Crippen molar-refractivity contribution in [2.45, 2.75) is 11.3 Å². The van der Waals surface area contributed by atoms with Crippen molar-refractivity contribution in [3.63, 3.8) is 0 Å². The van der Waals surface area contributed by atoms with E-state index >= 15 is 0 Å². The molecule has 0 bridgehead atoms. The predicted molar refractivity (Wildman–Crippen MR) is 47.3 cm³/mol. The summed E-state index contributed by atoms with van der Waals surface area (Å²) in [6.07, 6.45) is 0. The fourth-order valence-corrected chi connectivity index (χ4v) is 0.559. The molecular weight excluding hydrogens is 203 g/mol. The highest BCUT2D eigenvalue weighted by molar-refractivity contribution is 6.51. The third kappa shape index (κ3) is 3.95. The van der Waals surface area contributed by atoms with Crippen molar-refractivity contribution < 1.29 is 14.6 Å². The van der Waals surface area contributed by atoms with Crippen molar-refractivity contribution in [2.24, 2.45) is 0 Å². The summed E-state index contributed by atoms with van der Waals surface area (Å²) < 4.78 is 3.20. The molecule has 0 rings (SSSR count). The molecule has 0 saturated carbocycles. The van der Waals surface area contributed by atoms with Gasteiger partial charge in [-0.05, 0) is 6.92 Å². The molecule has 0 aliphatic rings. The summed E-state index contributed by atoms with van der Waals surface area (Å²) in [6.45, 7) is 4.46. The molecule has 0 fully saturated rings. The number of carbonyl (C=O) groups is 1. The van der Waals surface area contributed by atoms with Crippen LogP contribution in [0.1, 0.15) is 6.92 Å². The molecule has 0 aromatic rings. The van der Waals surface area contributed by atoms with E-state index in [4.69, 9.17) is 28.3 Å². The van der Waals surface area contributed by atoms with Gasteiger partial charge in [-0.2, -0.15) is 0 Å². The van der Waals surface area contributed by atoms with Crippen molar-refractivity contribution >= 4 is 29.2 Å². The molecule has 0 aromatic carbocycles. The van der Waals surface area contributed by atoms with Gasteiger partial charge in [-0.3, -0.25) is 0 Å². The number of hydrogen-bond acceptors (Lipinski definition) is 3. The highest BCUT2D eigenvalue weighted by Gasteiger charge is 2.27. The number of halogens is 2. The van der Waals surface area contributed by atoms with Crippen LogP contribution in [-0.2, 0) is 9.53 Å². The van der Waals surface area contributed by atoms with E-state index in [0.717, 1.165) is 0 Å². The molecule has 0 amide bonds. The molecule has 5 heteroatoms. The van der Waals surface area contributed by atoms with Crippen LogP contribution in [0.3, 0.4) is 0 Å². The maximum Gasteiger partial charge on any atom is 0.336 e. The van der Waals surface area contributed by atoms with Crippen LogP contribution in [0, 0.1) is 0 Å². The quantitative estimate of drug-likeness (QED) is 0.434. The van der Waals surface area contributed by atoms with Crippen molar-refractivity contribution in [3.8, 4) is 0 Å². The van der Waals surface area contributed by atoms with Crippen molar-refractivity contribution in [1.29, 1.82) is 0 Å². The molecule has 0 radical (unpaired) electrons. The Bertz CT molecular complexity index is 184. The highest BCUT2D eigenvalue weighted by Crippen LogP contribution is 2.28. The van der Waals surface area contributed by atoms with Crippen LogP contribution in [-0.4, -0.2) is 28.6 Å². The van der Waals surface area contributed by atoms with E-state index in [2.05, 4.69) is 11.3 Å². The Kier molecular flexibility index (Phi) is 4.60. The van der Waals surface area contributed by atoms with Gasteiger partial charge in [0, 0.05) is 0 Å². The number of aliphatic hydroxyl groups is 1. The molecule has 0 saturated heterocycles. The summed E-state index contributed by atoms with van der Waals surface area (Å²) in [6, 6.07) is 0. The molecule has 0 heterocycles. The number of ether oxygens (including phenoxy) is 1. The zero-order valence-electron chi connectivity index (χ0n) is 6.64. The molecule has 0 atom stereocenters. The Morgan fingerprint density at radius 3 is 2.50 bits per heavy atom. The monoisotopic (exact) mass is 212 g/mol. The third-order valence-corrected chi connectivity index (χ3v) is 1.56. The molecule has 0 aliphatic heterocycles. The maximum absolute atomic E-state index is 10.9. The van der Waals surface area contributed by atoms with E-state index in [1.165, 1.54) is 6.92 Å². The fourth-order valence-electron chi connectivity index (χ4n) is 0.405. The van der Waals surface area contributed by atoms with Gasteiger partial charge in [-0.1, -0.05) is 29.8 Å². The minimum Gasteiger partial charge on any atom is -0.460 e. The molecule has 0 unspecified atom stereocenters. The normalized spacial score (nSPS) is 11.0. The molecule has 70 valence electrons. The standard InChI is InChI=1S/C7H10Cl2O3/c1-5(7(2,8)9)6(11)12-4-3-10/h10H,1,3-4H2,2H3. The smallest absolute Gasteiger partial charge is 0.336 e. The van der Waals surface area contributed by atoms with Crippen molar-refractivity contribution in [2.75, 3.05) is 13.2 Å². The van der Waals surface area contributed by atoms with Gasteiger partial charge in [0.1, 0.15) is 10.9 Å². The van der Waals surface area contributed by atoms with Crippen LogP contribution >= 0.6 is 23.2 Å². The first-order valence-corrected chi connectivity index (χ1v) is 4.00. The number of carbonyl (C=O) groups excluding carboxylic acids is 1. The van der Waals surface area contributed by atoms with Crippen LogP contribution < -0.4 is 0 Å². The fraction of sp³-hybridized carbons (Fsp3) is 0.571. The van der Waals surface area contributed by atoms with Crippen LogP contribution in [0.5, 0.6) is 0 Å². The Morgan fingerprint density at radius 1 is 1.67 bits per heavy atom. The Labute approximate surface area is 80.9 Å². The summed E-state index contributed by atoms with van der Waals surface area (Å²) in [5.74, 6) is -0.698.